The molecular weight excluding hydrogens is 202 g/mol. The van der Waals surface area contributed by atoms with Crippen LogP contribution in [0.15, 0.2) is 0 Å². The zero-order valence-electron chi connectivity index (χ0n) is 10.8. The Balaban J connectivity index is 2.17. The summed E-state index contributed by atoms with van der Waals surface area (Å²) in [6.07, 6.45) is 0.881. The third kappa shape index (κ3) is 4.10. The first-order chi connectivity index (χ1) is 7.56. The van der Waals surface area contributed by atoms with Gasteiger partial charge in [0.05, 0.1) is 0 Å². The highest BCUT2D eigenvalue weighted by molar-refractivity contribution is 5.81. The Morgan fingerprint density at radius 3 is 2.56 bits per heavy atom. The van der Waals surface area contributed by atoms with E-state index in [-0.39, 0.29) is 11.3 Å². The van der Waals surface area contributed by atoms with E-state index in [1.165, 1.54) is 0 Å². The monoisotopic (exact) mass is 227 g/mol. The van der Waals surface area contributed by atoms with Gasteiger partial charge in [-0.3, -0.25) is 9.69 Å². The number of nitrogens with zero attached hydrogens (tertiary/aromatic N) is 1. The van der Waals surface area contributed by atoms with Crippen molar-refractivity contribution in [1.29, 1.82) is 0 Å². The van der Waals surface area contributed by atoms with E-state index in [1.54, 1.807) is 0 Å². The largest absolute Gasteiger partial charge is 0.354 e. The molecule has 1 aliphatic rings. The summed E-state index contributed by atoms with van der Waals surface area (Å²) in [6, 6.07) is 0. The fourth-order valence-electron chi connectivity index (χ4n) is 1.66. The molecule has 0 aromatic rings. The summed E-state index contributed by atoms with van der Waals surface area (Å²) in [5.74, 6) is 0.171. The molecule has 4 heteroatoms. The number of carbonyl (C=O) groups is 1. The van der Waals surface area contributed by atoms with Crippen molar-refractivity contribution < 1.29 is 4.79 Å². The smallest absolute Gasteiger partial charge is 0.225 e. The van der Waals surface area contributed by atoms with Gasteiger partial charge in [0.1, 0.15) is 0 Å². The maximum absolute atomic E-state index is 11.8. The molecule has 1 rings (SSSR count). The number of rotatable bonds is 5. The SMILES string of the molecule is CCC(C)(C)C(=O)NCCN1CCNCC1. The molecule has 0 unspecified atom stereocenters. The summed E-state index contributed by atoms with van der Waals surface area (Å²) >= 11 is 0. The highest BCUT2D eigenvalue weighted by atomic mass is 16.2. The normalized spacial score (nSPS) is 18.4. The lowest BCUT2D eigenvalue weighted by atomic mass is 9.89. The van der Waals surface area contributed by atoms with Gasteiger partial charge in [-0.25, -0.2) is 0 Å². The van der Waals surface area contributed by atoms with E-state index in [0.717, 1.165) is 45.7 Å². The van der Waals surface area contributed by atoms with Gasteiger partial charge in [0.25, 0.3) is 0 Å². The van der Waals surface area contributed by atoms with Crippen molar-refractivity contribution in [1.82, 2.24) is 15.5 Å². The molecule has 4 nitrogen and oxygen atoms in total. The molecule has 0 aromatic carbocycles. The van der Waals surface area contributed by atoms with E-state index in [2.05, 4.69) is 22.5 Å². The predicted molar refractivity (Wildman–Crippen MR) is 66.4 cm³/mol. The molecule has 1 heterocycles. The molecule has 0 bridgehead atoms. The second-order valence-corrected chi connectivity index (χ2v) is 5.08. The van der Waals surface area contributed by atoms with Gasteiger partial charge in [-0.15, -0.1) is 0 Å². The van der Waals surface area contributed by atoms with Gasteiger partial charge in [-0.05, 0) is 6.42 Å². The lowest BCUT2D eigenvalue weighted by Gasteiger charge is -2.28. The number of carbonyl (C=O) groups excluding carboxylic acids is 1. The average Bonchev–Trinajstić information content (AvgIpc) is 2.30. The molecule has 0 aromatic heterocycles. The van der Waals surface area contributed by atoms with Crippen molar-refractivity contribution in [2.45, 2.75) is 27.2 Å². The molecule has 16 heavy (non-hydrogen) atoms. The molecule has 0 spiro atoms. The molecule has 0 atom stereocenters. The summed E-state index contributed by atoms with van der Waals surface area (Å²) in [5.41, 5.74) is -0.233. The minimum absolute atomic E-state index is 0.171. The van der Waals surface area contributed by atoms with Crippen molar-refractivity contribution in [3.8, 4) is 0 Å². The summed E-state index contributed by atoms with van der Waals surface area (Å²) < 4.78 is 0. The van der Waals surface area contributed by atoms with Crippen molar-refractivity contribution in [3.63, 3.8) is 0 Å². The molecule has 1 saturated heterocycles. The van der Waals surface area contributed by atoms with Crippen LogP contribution < -0.4 is 10.6 Å². The highest BCUT2D eigenvalue weighted by Crippen LogP contribution is 2.18. The number of amides is 1. The van der Waals surface area contributed by atoms with E-state index in [0.29, 0.717) is 0 Å². The second-order valence-electron chi connectivity index (χ2n) is 5.08. The van der Waals surface area contributed by atoms with Gasteiger partial charge < -0.3 is 10.6 Å². The quantitative estimate of drug-likeness (QED) is 0.716. The summed E-state index contributed by atoms with van der Waals surface area (Å²) in [4.78, 5) is 14.2. The Hall–Kier alpha value is -0.610. The molecule has 94 valence electrons. The zero-order chi connectivity index (χ0) is 12.0. The third-order valence-electron chi connectivity index (χ3n) is 3.42. The molecule has 0 radical (unpaired) electrons. The van der Waals surface area contributed by atoms with E-state index in [4.69, 9.17) is 0 Å². The van der Waals surface area contributed by atoms with Crippen LogP contribution in [0.4, 0.5) is 0 Å². The molecule has 1 aliphatic heterocycles. The van der Waals surface area contributed by atoms with Crippen LogP contribution in [0.25, 0.3) is 0 Å². The van der Waals surface area contributed by atoms with Crippen LogP contribution in [-0.4, -0.2) is 50.1 Å². The van der Waals surface area contributed by atoms with E-state index in [9.17, 15) is 4.79 Å². The van der Waals surface area contributed by atoms with Crippen LogP contribution >= 0.6 is 0 Å². The van der Waals surface area contributed by atoms with Crippen molar-refractivity contribution in [3.05, 3.63) is 0 Å². The van der Waals surface area contributed by atoms with Gasteiger partial charge in [0.15, 0.2) is 0 Å². The van der Waals surface area contributed by atoms with Crippen LogP contribution in [0.1, 0.15) is 27.2 Å². The second kappa shape index (κ2) is 6.21. The molecule has 2 N–H and O–H groups in total. The lowest BCUT2D eigenvalue weighted by Crippen LogP contribution is -2.47. The topological polar surface area (TPSA) is 44.4 Å². The van der Waals surface area contributed by atoms with Crippen LogP contribution in [-0.2, 0) is 4.79 Å². The average molecular weight is 227 g/mol. The number of piperazine rings is 1. The molecule has 0 aliphatic carbocycles. The minimum atomic E-state index is -0.233. The standard InChI is InChI=1S/C12H25N3O/c1-4-12(2,3)11(16)14-7-10-15-8-5-13-6-9-15/h13H,4-10H2,1-3H3,(H,14,16). The molecule has 0 saturated carbocycles. The van der Waals surface area contributed by atoms with Gasteiger partial charge >= 0.3 is 0 Å². The Bertz CT molecular complexity index is 222. The van der Waals surface area contributed by atoms with Crippen molar-refractivity contribution in [2.75, 3.05) is 39.3 Å². The predicted octanol–water partition coefficient (Wildman–Crippen LogP) is 0.444. The summed E-state index contributed by atoms with van der Waals surface area (Å²) in [7, 11) is 0. The fraction of sp³-hybridized carbons (Fsp3) is 0.917. The van der Waals surface area contributed by atoms with Gasteiger partial charge in [0.2, 0.25) is 5.91 Å². The Labute approximate surface area is 98.8 Å². The first-order valence-corrected chi connectivity index (χ1v) is 6.27. The van der Waals surface area contributed by atoms with Gasteiger partial charge in [0, 0.05) is 44.7 Å². The maximum Gasteiger partial charge on any atom is 0.225 e. The maximum atomic E-state index is 11.8. The van der Waals surface area contributed by atoms with Gasteiger partial charge in [-0.1, -0.05) is 20.8 Å². The van der Waals surface area contributed by atoms with Gasteiger partial charge in [-0.2, -0.15) is 0 Å². The van der Waals surface area contributed by atoms with Crippen LogP contribution in [0, 0.1) is 5.41 Å². The molecule has 1 amide bonds. The molecule has 1 fully saturated rings. The zero-order valence-corrected chi connectivity index (χ0v) is 10.8. The Kier molecular flexibility index (Phi) is 5.22. The number of hydrogen-bond acceptors (Lipinski definition) is 3. The molecular formula is C12H25N3O. The van der Waals surface area contributed by atoms with Crippen LogP contribution in [0.3, 0.4) is 0 Å². The lowest BCUT2D eigenvalue weighted by molar-refractivity contribution is -0.129. The fourth-order valence-corrected chi connectivity index (χ4v) is 1.66. The van der Waals surface area contributed by atoms with E-state index in [1.807, 2.05) is 13.8 Å². The van der Waals surface area contributed by atoms with E-state index < -0.39 is 0 Å². The first kappa shape index (κ1) is 13.5. The van der Waals surface area contributed by atoms with Crippen molar-refractivity contribution in [2.24, 2.45) is 5.41 Å². The highest BCUT2D eigenvalue weighted by Gasteiger charge is 2.24. The van der Waals surface area contributed by atoms with E-state index >= 15 is 0 Å². The van der Waals surface area contributed by atoms with Crippen LogP contribution in [0.2, 0.25) is 0 Å². The minimum Gasteiger partial charge on any atom is -0.354 e. The summed E-state index contributed by atoms with van der Waals surface area (Å²) in [6.45, 7) is 12.1. The number of nitrogens with one attached hydrogen (secondary N) is 2. The number of hydrogen-bond donors (Lipinski definition) is 2. The van der Waals surface area contributed by atoms with Crippen molar-refractivity contribution >= 4 is 5.91 Å². The Morgan fingerprint density at radius 1 is 1.38 bits per heavy atom. The summed E-state index contributed by atoms with van der Waals surface area (Å²) in [5, 5.41) is 6.34. The van der Waals surface area contributed by atoms with Crippen LogP contribution in [0.5, 0.6) is 0 Å². The Morgan fingerprint density at radius 2 is 2.00 bits per heavy atom. The first-order valence-electron chi connectivity index (χ1n) is 6.27. The third-order valence-corrected chi connectivity index (χ3v) is 3.42.